The Morgan fingerprint density at radius 1 is 0.490 bits per heavy atom. The molecule has 0 aromatic heterocycles. The summed E-state index contributed by atoms with van der Waals surface area (Å²) in [5, 5.41) is 0. The van der Waals surface area contributed by atoms with Crippen molar-refractivity contribution in [3.63, 3.8) is 0 Å². The lowest BCUT2D eigenvalue weighted by Crippen LogP contribution is -2.23. The molecule has 0 aromatic carbocycles. The van der Waals surface area contributed by atoms with E-state index in [2.05, 4.69) is 81.5 Å². The van der Waals surface area contributed by atoms with Crippen molar-refractivity contribution in [2.24, 2.45) is 0 Å². The molecule has 49 heavy (non-hydrogen) atoms. The number of ketones is 1. The lowest BCUT2D eigenvalue weighted by Gasteiger charge is -2.22. The van der Waals surface area contributed by atoms with E-state index in [1.807, 2.05) is 0 Å². The molecule has 286 valence electrons. The Morgan fingerprint density at radius 2 is 0.898 bits per heavy atom. The van der Waals surface area contributed by atoms with Gasteiger partial charge in [-0.1, -0.05) is 152 Å². The SMILES string of the molecule is CCC/C=C\C/C=C\CCCCCCCCCC(CCCCCCCC/C=C\C/C=C\CCCCC)OOC(CCCN(C)C)CC(C)=O. The Balaban J connectivity index is 4.32. The highest BCUT2D eigenvalue weighted by molar-refractivity contribution is 5.75. The highest BCUT2D eigenvalue weighted by Crippen LogP contribution is 2.20. The van der Waals surface area contributed by atoms with Crippen molar-refractivity contribution in [3.8, 4) is 0 Å². The van der Waals surface area contributed by atoms with Crippen LogP contribution in [0.15, 0.2) is 48.6 Å². The molecule has 0 radical (unpaired) electrons. The molecule has 0 saturated heterocycles. The van der Waals surface area contributed by atoms with Gasteiger partial charge >= 0.3 is 0 Å². The van der Waals surface area contributed by atoms with Gasteiger partial charge in [0.2, 0.25) is 0 Å². The first-order chi connectivity index (χ1) is 24.0. The van der Waals surface area contributed by atoms with Crippen LogP contribution in [0.25, 0.3) is 0 Å². The van der Waals surface area contributed by atoms with Gasteiger partial charge in [-0.3, -0.25) is 4.79 Å². The van der Waals surface area contributed by atoms with Crippen molar-refractivity contribution in [1.82, 2.24) is 4.90 Å². The fourth-order valence-electron chi connectivity index (χ4n) is 6.09. The summed E-state index contributed by atoms with van der Waals surface area (Å²) in [7, 11) is 4.18. The Bertz CT molecular complexity index is 799. The van der Waals surface area contributed by atoms with E-state index < -0.39 is 0 Å². The van der Waals surface area contributed by atoms with Gasteiger partial charge in [-0.05, 0) is 111 Å². The summed E-state index contributed by atoms with van der Waals surface area (Å²) >= 11 is 0. The number of Topliss-reactive ketones (excluding diaryl/α,β-unsaturated/α-hetero) is 1. The quantitative estimate of drug-likeness (QED) is 0.0281. The van der Waals surface area contributed by atoms with Gasteiger partial charge in [0.25, 0.3) is 0 Å². The van der Waals surface area contributed by atoms with Crippen molar-refractivity contribution in [3.05, 3.63) is 48.6 Å². The summed E-state index contributed by atoms with van der Waals surface area (Å²) in [6.45, 7) is 7.15. The van der Waals surface area contributed by atoms with Crippen LogP contribution in [-0.4, -0.2) is 43.5 Å². The molecule has 0 bridgehead atoms. The monoisotopic (exact) mass is 686 g/mol. The molecule has 0 fully saturated rings. The highest BCUT2D eigenvalue weighted by atomic mass is 17.2. The molecule has 0 aliphatic heterocycles. The van der Waals surface area contributed by atoms with E-state index >= 15 is 0 Å². The molecule has 0 rings (SSSR count). The zero-order valence-corrected chi connectivity index (χ0v) is 33.5. The molecule has 0 spiro atoms. The van der Waals surface area contributed by atoms with Crippen LogP contribution < -0.4 is 0 Å². The van der Waals surface area contributed by atoms with E-state index in [1.165, 1.54) is 135 Å². The fraction of sp³-hybridized carbons (Fsp3) is 0.800. The zero-order valence-electron chi connectivity index (χ0n) is 33.5. The standard InChI is InChI=1S/C45H83NO3/c1-6-8-10-12-14-16-18-20-22-24-26-28-30-32-34-36-39-44(48-49-45(42-43(3)47)40-37-41-46(4)5)38-35-33-31-29-27-25-23-21-19-17-15-13-11-9-7-2/h11,13-14,16-17,19-20,22,44-45H,6-10,12,15,18,21,23-42H2,1-5H3/b13-11-,16-14-,19-17-,22-20-. The average Bonchev–Trinajstić information content (AvgIpc) is 3.07. The predicted molar refractivity (Wildman–Crippen MR) is 216 cm³/mol. The van der Waals surface area contributed by atoms with Crippen molar-refractivity contribution >= 4 is 5.78 Å². The summed E-state index contributed by atoms with van der Waals surface area (Å²) in [6.07, 6.45) is 52.1. The largest absolute Gasteiger partial charge is 0.309 e. The maximum absolute atomic E-state index is 11.9. The third kappa shape index (κ3) is 39.2. The second-order valence-corrected chi connectivity index (χ2v) is 14.7. The summed E-state index contributed by atoms with van der Waals surface area (Å²) in [5.41, 5.74) is 0. The maximum atomic E-state index is 11.9. The van der Waals surface area contributed by atoms with E-state index in [1.54, 1.807) is 6.92 Å². The van der Waals surface area contributed by atoms with Crippen molar-refractivity contribution in [1.29, 1.82) is 0 Å². The van der Waals surface area contributed by atoms with Gasteiger partial charge in [-0.2, -0.15) is 0 Å². The molecule has 0 heterocycles. The first-order valence-electron chi connectivity index (χ1n) is 21.1. The van der Waals surface area contributed by atoms with Gasteiger partial charge in [-0.25, -0.2) is 9.78 Å². The molecule has 0 aliphatic rings. The molecule has 2 unspecified atom stereocenters. The van der Waals surface area contributed by atoms with Gasteiger partial charge in [0.15, 0.2) is 0 Å². The summed E-state index contributed by atoms with van der Waals surface area (Å²) < 4.78 is 0. The van der Waals surface area contributed by atoms with Crippen LogP contribution in [0.4, 0.5) is 0 Å². The van der Waals surface area contributed by atoms with Gasteiger partial charge in [0.1, 0.15) is 5.78 Å². The second-order valence-electron chi connectivity index (χ2n) is 14.7. The van der Waals surface area contributed by atoms with E-state index in [9.17, 15) is 4.79 Å². The average molecular weight is 686 g/mol. The smallest absolute Gasteiger partial charge is 0.132 e. The van der Waals surface area contributed by atoms with Crippen molar-refractivity contribution in [2.45, 2.75) is 213 Å². The van der Waals surface area contributed by atoms with Gasteiger partial charge < -0.3 is 4.90 Å². The number of rotatable bonds is 38. The Kier molecular flexibility index (Phi) is 38.1. The maximum Gasteiger partial charge on any atom is 0.132 e. The first-order valence-corrected chi connectivity index (χ1v) is 21.1. The first kappa shape index (κ1) is 47.5. The van der Waals surface area contributed by atoms with Crippen LogP contribution in [0.3, 0.4) is 0 Å². The fourth-order valence-corrected chi connectivity index (χ4v) is 6.09. The molecule has 0 saturated carbocycles. The number of carbonyl (C=O) groups excluding carboxylic acids is 1. The molecular weight excluding hydrogens is 602 g/mol. The number of carbonyl (C=O) groups is 1. The van der Waals surface area contributed by atoms with E-state index in [0.29, 0.717) is 6.42 Å². The number of hydrogen-bond acceptors (Lipinski definition) is 4. The number of unbranched alkanes of at least 4 members (excludes halogenated alkanes) is 17. The Morgan fingerprint density at radius 3 is 1.35 bits per heavy atom. The summed E-state index contributed by atoms with van der Waals surface area (Å²) in [5.74, 6) is 0.177. The third-order valence-corrected chi connectivity index (χ3v) is 9.16. The highest BCUT2D eigenvalue weighted by Gasteiger charge is 2.17. The Hall–Kier alpha value is -1.49. The van der Waals surface area contributed by atoms with Crippen LogP contribution in [0, 0.1) is 0 Å². The van der Waals surface area contributed by atoms with Crippen LogP contribution in [0.5, 0.6) is 0 Å². The lowest BCUT2D eigenvalue weighted by molar-refractivity contribution is -0.353. The van der Waals surface area contributed by atoms with Crippen LogP contribution in [0.1, 0.15) is 201 Å². The predicted octanol–water partition coefficient (Wildman–Crippen LogP) is 14.0. The minimum Gasteiger partial charge on any atom is -0.309 e. The van der Waals surface area contributed by atoms with Crippen molar-refractivity contribution in [2.75, 3.05) is 20.6 Å². The summed E-state index contributed by atoms with van der Waals surface area (Å²) in [6, 6.07) is 0. The van der Waals surface area contributed by atoms with Crippen LogP contribution >= 0.6 is 0 Å². The molecule has 0 aromatic rings. The molecule has 0 aliphatic carbocycles. The van der Waals surface area contributed by atoms with Crippen molar-refractivity contribution < 1.29 is 14.6 Å². The topological polar surface area (TPSA) is 38.8 Å². The number of allylic oxidation sites excluding steroid dienone is 8. The van der Waals surface area contributed by atoms with E-state index in [-0.39, 0.29) is 18.0 Å². The second kappa shape index (κ2) is 39.3. The molecule has 2 atom stereocenters. The number of hydrogen-bond donors (Lipinski definition) is 0. The molecule has 4 nitrogen and oxygen atoms in total. The van der Waals surface area contributed by atoms with Gasteiger partial charge in [0.05, 0.1) is 12.2 Å². The molecular formula is C45H83NO3. The van der Waals surface area contributed by atoms with Crippen LogP contribution in [0.2, 0.25) is 0 Å². The Labute approximate surface area is 306 Å². The minimum atomic E-state index is -0.136. The van der Waals surface area contributed by atoms with Crippen LogP contribution in [-0.2, 0) is 14.6 Å². The summed E-state index contributed by atoms with van der Waals surface area (Å²) in [4.78, 5) is 26.2. The molecule has 0 N–H and O–H groups in total. The molecule has 4 heteroatoms. The van der Waals surface area contributed by atoms with Gasteiger partial charge in [-0.15, -0.1) is 0 Å². The molecule has 0 amide bonds. The number of nitrogens with zero attached hydrogens (tertiary/aromatic N) is 1. The minimum absolute atomic E-state index is 0.136. The van der Waals surface area contributed by atoms with E-state index in [4.69, 9.17) is 9.78 Å². The van der Waals surface area contributed by atoms with E-state index in [0.717, 1.165) is 45.1 Å². The lowest BCUT2D eigenvalue weighted by atomic mass is 10.0. The normalized spacial score (nSPS) is 13.7. The zero-order chi connectivity index (χ0) is 35.9. The van der Waals surface area contributed by atoms with Gasteiger partial charge in [0, 0.05) is 6.42 Å². The third-order valence-electron chi connectivity index (χ3n) is 9.16.